The van der Waals surface area contributed by atoms with Gasteiger partial charge in [0, 0.05) is 0 Å². The van der Waals surface area contributed by atoms with Crippen LogP contribution in [0.25, 0.3) is 10.9 Å². The third kappa shape index (κ3) is 3.30. The maximum atomic E-state index is 12.9. The van der Waals surface area contributed by atoms with Gasteiger partial charge in [-0.3, -0.25) is 14.3 Å². The summed E-state index contributed by atoms with van der Waals surface area (Å²) in [5, 5.41) is 12.2. The minimum absolute atomic E-state index is 0.155. The molecule has 1 N–H and O–H groups in total. The van der Waals surface area contributed by atoms with Crippen molar-refractivity contribution in [1.82, 2.24) is 24.9 Å². The Labute approximate surface area is 172 Å². The summed E-state index contributed by atoms with van der Waals surface area (Å²) in [6.45, 7) is 4.58. The Bertz CT molecular complexity index is 1190. The second kappa shape index (κ2) is 7.16. The van der Waals surface area contributed by atoms with Gasteiger partial charge < -0.3 is 14.8 Å². The molecule has 1 aromatic carbocycles. The first-order valence-corrected chi connectivity index (χ1v) is 10.1. The van der Waals surface area contributed by atoms with E-state index in [1.54, 1.807) is 6.20 Å². The number of aryl methyl sites for hydroxylation is 1. The Morgan fingerprint density at radius 2 is 2.03 bits per heavy atom. The Morgan fingerprint density at radius 3 is 2.80 bits per heavy atom. The predicted molar refractivity (Wildman–Crippen MR) is 109 cm³/mol. The van der Waals surface area contributed by atoms with Crippen LogP contribution in [0.4, 0.5) is 0 Å². The lowest BCUT2D eigenvalue weighted by atomic mass is 10.1. The smallest absolute Gasteiger partial charge is 0.278 e. The molecule has 0 radical (unpaired) electrons. The van der Waals surface area contributed by atoms with E-state index in [9.17, 15) is 9.59 Å². The quantitative estimate of drug-likeness (QED) is 0.691. The molecular weight excluding hydrogens is 386 g/mol. The number of ether oxygens (including phenoxy) is 2. The van der Waals surface area contributed by atoms with Crippen LogP contribution in [0.3, 0.4) is 0 Å². The number of nitrogens with one attached hydrogen (secondary N) is 1. The molecule has 1 aliphatic heterocycles. The molecule has 156 valence electrons. The molecule has 2 aliphatic rings. The van der Waals surface area contributed by atoms with Crippen LogP contribution >= 0.6 is 0 Å². The van der Waals surface area contributed by atoms with E-state index in [-0.39, 0.29) is 24.1 Å². The molecule has 30 heavy (non-hydrogen) atoms. The Balaban J connectivity index is 1.33. The summed E-state index contributed by atoms with van der Waals surface area (Å²) in [4.78, 5) is 25.5. The lowest BCUT2D eigenvalue weighted by Gasteiger charge is -2.21. The zero-order valence-corrected chi connectivity index (χ0v) is 16.9. The van der Waals surface area contributed by atoms with E-state index in [4.69, 9.17) is 9.47 Å². The van der Waals surface area contributed by atoms with Crippen molar-refractivity contribution >= 4 is 16.8 Å². The number of aromatic nitrogens is 4. The number of amides is 1. The largest absolute Gasteiger partial charge is 0.486 e. The van der Waals surface area contributed by atoms with Gasteiger partial charge in [-0.05, 0) is 44.4 Å². The van der Waals surface area contributed by atoms with Crippen LogP contribution in [-0.4, -0.2) is 38.7 Å². The number of rotatable bonds is 5. The highest BCUT2D eigenvalue weighted by Crippen LogP contribution is 2.36. The minimum Gasteiger partial charge on any atom is -0.486 e. The number of carbonyl (C=O) groups excluding carboxylic acids is 1. The van der Waals surface area contributed by atoms with Crippen molar-refractivity contribution in [2.75, 3.05) is 13.2 Å². The number of carbonyl (C=O) groups is 1. The Hall–Kier alpha value is -3.36. The molecule has 9 heteroatoms. The first-order chi connectivity index (χ1) is 14.5. The molecule has 3 heterocycles. The van der Waals surface area contributed by atoms with E-state index < -0.39 is 0 Å². The highest BCUT2D eigenvalue weighted by Gasteiger charge is 2.28. The van der Waals surface area contributed by atoms with Gasteiger partial charge in [-0.15, -0.1) is 0 Å². The molecule has 9 nitrogen and oxygen atoms in total. The van der Waals surface area contributed by atoms with Gasteiger partial charge in [-0.2, -0.15) is 10.2 Å². The monoisotopic (exact) mass is 409 g/mol. The fraction of sp³-hybridized carbons (Fsp3) is 0.429. The number of nitrogens with zero attached hydrogens (tertiary/aromatic N) is 4. The van der Waals surface area contributed by atoms with Crippen molar-refractivity contribution in [3.05, 3.63) is 46.0 Å². The van der Waals surface area contributed by atoms with Gasteiger partial charge in [-0.25, -0.2) is 4.68 Å². The van der Waals surface area contributed by atoms with Crippen molar-refractivity contribution in [2.45, 2.75) is 45.3 Å². The number of benzene rings is 1. The van der Waals surface area contributed by atoms with Crippen LogP contribution in [0.15, 0.2) is 29.2 Å². The number of hydrogen-bond donors (Lipinski definition) is 1. The lowest BCUT2D eigenvalue weighted by molar-refractivity contribution is -0.122. The molecule has 1 saturated carbocycles. The fourth-order valence-electron chi connectivity index (χ4n) is 3.81. The normalized spacial score (nSPS) is 16.5. The van der Waals surface area contributed by atoms with Gasteiger partial charge in [0.1, 0.15) is 19.8 Å². The van der Waals surface area contributed by atoms with Crippen LogP contribution in [0.1, 0.15) is 43.1 Å². The molecule has 1 aliphatic carbocycles. The molecule has 1 fully saturated rings. The standard InChI is InChI=1S/C21H23N5O4/c1-12(14-3-6-17-18(9-14)30-8-7-29-17)23-19(27)11-25-21(28)20-13(2)24-26(15-4-5-15)16(20)10-22-25/h3,6,9-10,12,15H,4-5,7-8,11H2,1-2H3,(H,23,27). The molecule has 1 atom stereocenters. The van der Waals surface area contributed by atoms with Crippen molar-refractivity contribution in [3.8, 4) is 11.5 Å². The van der Waals surface area contributed by atoms with Crippen LogP contribution in [0.2, 0.25) is 0 Å². The van der Waals surface area contributed by atoms with Crippen LogP contribution < -0.4 is 20.3 Å². The molecule has 3 aromatic rings. The molecule has 0 saturated heterocycles. The third-order valence-corrected chi connectivity index (χ3v) is 5.52. The average molecular weight is 409 g/mol. The van der Waals surface area contributed by atoms with Crippen LogP contribution in [-0.2, 0) is 11.3 Å². The van der Waals surface area contributed by atoms with Crippen molar-refractivity contribution in [1.29, 1.82) is 0 Å². The summed E-state index contributed by atoms with van der Waals surface area (Å²) < 4.78 is 14.2. The molecular formula is C21H23N5O4. The maximum Gasteiger partial charge on any atom is 0.278 e. The molecule has 1 amide bonds. The third-order valence-electron chi connectivity index (χ3n) is 5.52. The first kappa shape index (κ1) is 18.7. The van der Waals surface area contributed by atoms with E-state index in [0.717, 1.165) is 23.9 Å². The lowest BCUT2D eigenvalue weighted by Crippen LogP contribution is -2.35. The van der Waals surface area contributed by atoms with Gasteiger partial charge in [0.15, 0.2) is 11.5 Å². The van der Waals surface area contributed by atoms with Crippen LogP contribution in [0, 0.1) is 6.92 Å². The molecule has 0 spiro atoms. The number of hydrogen-bond acceptors (Lipinski definition) is 6. The summed E-state index contributed by atoms with van der Waals surface area (Å²) >= 11 is 0. The van der Waals surface area contributed by atoms with Crippen molar-refractivity contribution in [3.63, 3.8) is 0 Å². The van der Waals surface area contributed by atoms with E-state index in [1.165, 1.54) is 4.68 Å². The summed E-state index contributed by atoms with van der Waals surface area (Å²) in [7, 11) is 0. The van der Waals surface area contributed by atoms with Gasteiger partial charge in [0.25, 0.3) is 5.56 Å². The number of fused-ring (bicyclic) bond motifs is 2. The summed E-state index contributed by atoms with van der Waals surface area (Å²) in [6, 6.07) is 5.70. The highest BCUT2D eigenvalue weighted by atomic mass is 16.6. The van der Waals surface area contributed by atoms with E-state index >= 15 is 0 Å². The van der Waals surface area contributed by atoms with Crippen molar-refractivity contribution < 1.29 is 14.3 Å². The van der Waals surface area contributed by atoms with Gasteiger partial charge in [-0.1, -0.05) is 6.07 Å². The predicted octanol–water partition coefficient (Wildman–Crippen LogP) is 1.88. The first-order valence-electron chi connectivity index (χ1n) is 10.1. The Kier molecular flexibility index (Phi) is 4.45. The van der Waals surface area contributed by atoms with Gasteiger partial charge in [0.05, 0.1) is 34.9 Å². The fourth-order valence-corrected chi connectivity index (χ4v) is 3.81. The SMILES string of the molecule is Cc1nn(C2CC2)c2cnn(CC(=O)NC(C)c3ccc4c(c3)OCCO4)c(=O)c12. The van der Waals surface area contributed by atoms with Gasteiger partial charge in [0.2, 0.25) is 5.91 Å². The van der Waals surface area contributed by atoms with E-state index in [2.05, 4.69) is 15.5 Å². The molecule has 1 unspecified atom stereocenters. The van der Waals surface area contributed by atoms with E-state index in [0.29, 0.717) is 41.8 Å². The second-order valence-electron chi connectivity index (χ2n) is 7.82. The maximum absolute atomic E-state index is 12.9. The molecule has 2 aromatic heterocycles. The summed E-state index contributed by atoms with van der Waals surface area (Å²) in [6.07, 6.45) is 3.77. The molecule has 0 bridgehead atoms. The van der Waals surface area contributed by atoms with Crippen LogP contribution in [0.5, 0.6) is 11.5 Å². The minimum atomic E-state index is -0.293. The van der Waals surface area contributed by atoms with E-state index in [1.807, 2.05) is 36.7 Å². The summed E-state index contributed by atoms with van der Waals surface area (Å²) in [5.74, 6) is 1.08. The second-order valence-corrected chi connectivity index (χ2v) is 7.82. The average Bonchev–Trinajstić information content (AvgIpc) is 3.53. The zero-order valence-electron chi connectivity index (χ0n) is 16.9. The highest BCUT2D eigenvalue weighted by molar-refractivity contribution is 5.81. The Morgan fingerprint density at radius 1 is 1.27 bits per heavy atom. The molecule has 5 rings (SSSR count). The summed E-state index contributed by atoms with van der Waals surface area (Å²) in [5.41, 5.74) is 2.01. The van der Waals surface area contributed by atoms with Gasteiger partial charge >= 0.3 is 0 Å². The zero-order chi connectivity index (χ0) is 20.8. The topological polar surface area (TPSA) is 100 Å². The van der Waals surface area contributed by atoms with Crippen molar-refractivity contribution in [2.24, 2.45) is 0 Å².